The van der Waals surface area contributed by atoms with Crippen LogP contribution in [0.4, 0.5) is 14.9 Å². The van der Waals surface area contributed by atoms with Gasteiger partial charge in [-0.1, -0.05) is 32.0 Å². The molecular formula is C32H41FN2O7. The number of aliphatic hydroxyl groups excluding tert-OH is 2. The predicted octanol–water partition coefficient (Wildman–Crippen LogP) is 4.81. The largest absolute Gasteiger partial charge is 0.462 e. The van der Waals surface area contributed by atoms with Gasteiger partial charge < -0.3 is 25.0 Å². The Kier molecular flexibility index (Phi) is 9.89. The molecule has 6 unspecified atom stereocenters. The zero-order valence-electron chi connectivity index (χ0n) is 24.4. The Hall–Kier alpha value is -3.50. The molecule has 0 aromatic heterocycles. The Morgan fingerprint density at radius 3 is 2.50 bits per heavy atom. The third-order valence-corrected chi connectivity index (χ3v) is 9.35. The molecule has 0 spiro atoms. The van der Waals surface area contributed by atoms with Crippen molar-refractivity contribution in [2.45, 2.75) is 71.6 Å². The number of carbonyl (C=O) groups is 3. The first-order valence-corrected chi connectivity index (χ1v) is 14.5. The van der Waals surface area contributed by atoms with Crippen LogP contribution in [0.1, 0.15) is 68.8 Å². The van der Waals surface area contributed by atoms with Crippen molar-refractivity contribution in [2.24, 2.45) is 22.7 Å². The summed E-state index contributed by atoms with van der Waals surface area (Å²) in [6, 6.07) is 12.3. The van der Waals surface area contributed by atoms with E-state index in [0.29, 0.717) is 36.9 Å². The molecule has 0 aliphatic heterocycles. The van der Waals surface area contributed by atoms with Gasteiger partial charge >= 0.3 is 12.1 Å². The Morgan fingerprint density at radius 2 is 1.81 bits per heavy atom. The van der Waals surface area contributed by atoms with Gasteiger partial charge in [0.25, 0.3) is 0 Å². The first-order chi connectivity index (χ1) is 20.0. The molecule has 2 aliphatic rings. The number of ether oxygens (including phenoxy) is 2. The van der Waals surface area contributed by atoms with Crippen molar-refractivity contribution in [2.75, 3.05) is 18.5 Å². The lowest BCUT2D eigenvalue weighted by Gasteiger charge is -2.60. The molecule has 0 radical (unpaired) electrons. The third-order valence-electron chi connectivity index (χ3n) is 9.35. The minimum Gasteiger partial charge on any atom is -0.462 e. The molecule has 4 N–H and O–H groups in total. The van der Waals surface area contributed by atoms with Crippen LogP contribution in [-0.2, 0) is 20.8 Å². The molecule has 0 heterocycles. The Bertz CT molecular complexity index is 1270. The lowest BCUT2D eigenvalue weighted by molar-refractivity contribution is -0.185. The number of esters is 1. The molecule has 2 aromatic carbocycles. The maximum Gasteiger partial charge on any atom is 0.411 e. The van der Waals surface area contributed by atoms with Crippen LogP contribution in [0.3, 0.4) is 0 Å². The number of rotatable bonds is 9. The van der Waals surface area contributed by atoms with Crippen LogP contribution in [0.5, 0.6) is 0 Å². The van der Waals surface area contributed by atoms with Crippen LogP contribution in [0.2, 0.25) is 0 Å². The highest BCUT2D eigenvalue weighted by Gasteiger charge is 2.60. The van der Waals surface area contributed by atoms with Crippen LogP contribution in [0, 0.1) is 28.5 Å². The van der Waals surface area contributed by atoms with Crippen molar-refractivity contribution in [1.82, 2.24) is 5.32 Å². The highest BCUT2D eigenvalue weighted by atomic mass is 19.1. The predicted molar refractivity (Wildman–Crippen MR) is 154 cm³/mol. The molecule has 228 valence electrons. The summed E-state index contributed by atoms with van der Waals surface area (Å²) in [5.41, 5.74) is 0.169. The number of benzene rings is 2. The lowest BCUT2D eigenvalue weighted by atomic mass is 9.46. The van der Waals surface area contributed by atoms with Gasteiger partial charge in [0.1, 0.15) is 11.9 Å². The van der Waals surface area contributed by atoms with E-state index in [2.05, 4.69) is 17.6 Å². The molecule has 2 fully saturated rings. The Balaban J connectivity index is 1.43. The Labute approximate surface area is 245 Å². The van der Waals surface area contributed by atoms with E-state index in [1.165, 1.54) is 18.2 Å². The lowest BCUT2D eigenvalue weighted by Crippen LogP contribution is -2.61. The van der Waals surface area contributed by atoms with E-state index < -0.39 is 35.1 Å². The monoisotopic (exact) mass is 584 g/mol. The zero-order valence-corrected chi connectivity index (χ0v) is 24.4. The average Bonchev–Trinajstić information content (AvgIpc) is 2.96. The molecule has 10 heteroatoms. The number of aliphatic hydroxyl groups is 2. The molecule has 4 rings (SSSR count). The van der Waals surface area contributed by atoms with E-state index in [1.54, 1.807) is 37.3 Å². The second kappa shape index (κ2) is 13.2. The van der Waals surface area contributed by atoms with Gasteiger partial charge in [-0.3, -0.25) is 10.1 Å². The van der Waals surface area contributed by atoms with Gasteiger partial charge in [0.05, 0.1) is 24.9 Å². The maximum absolute atomic E-state index is 13.2. The molecule has 6 atom stereocenters. The summed E-state index contributed by atoms with van der Waals surface area (Å²) in [7, 11) is 0. The first kappa shape index (κ1) is 31.4. The molecule has 2 aliphatic carbocycles. The fourth-order valence-corrected chi connectivity index (χ4v) is 7.07. The van der Waals surface area contributed by atoms with Gasteiger partial charge in [0.2, 0.25) is 5.91 Å². The molecule has 0 bridgehead atoms. The van der Waals surface area contributed by atoms with E-state index in [4.69, 9.17) is 9.47 Å². The zero-order chi connectivity index (χ0) is 30.5. The minimum atomic E-state index is -0.805. The maximum atomic E-state index is 13.2. The van der Waals surface area contributed by atoms with Crippen molar-refractivity contribution in [3.05, 3.63) is 65.5 Å². The highest BCUT2D eigenvalue weighted by Crippen LogP contribution is 2.61. The van der Waals surface area contributed by atoms with Gasteiger partial charge in [-0.25, -0.2) is 14.0 Å². The molecule has 9 nitrogen and oxygen atoms in total. The molecular weight excluding hydrogens is 543 g/mol. The smallest absolute Gasteiger partial charge is 0.411 e. The molecule has 42 heavy (non-hydrogen) atoms. The summed E-state index contributed by atoms with van der Waals surface area (Å²) >= 11 is 0. The summed E-state index contributed by atoms with van der Waals surface area (Å²) in [5.74, 6) is -1.52. The van der Waals surface area contributed by atoms with Crippen LogP contribution < -0.4 is 10.6 Å². The number of anilines is 1. The summed E-state index contributed by atoms with van der Waals surface area (Å²) in [5, 5.41) is 27.3. The number of hydrogen-bond donors (Lipinski definition) is 4. The topological polar surface area (TPSA) is 134 Å². The number of carbonyl (C=O) groups excluding carboxylic acids is 3. The van der Waals surface area contributed by atoms with Crippen molar-refractivity contribution < 1.29 is 38.5 Å². The van der Waals surface area contributed by atoms with Crippen LogP contribution in [0.15, 0.2) is 48.5 Å². The van der Waals surface area contributed by atoms with Crippen molar-refractivity contribution in [1.29, 1.82) is 0 Å². The van der Waals surface area contributed by atoms with Crippen LogP contribution >= 0.6 is 0 Å². The fourth-order valence-electron chi connectivity index (χ4n) is 7.07. The summed E-state index contributed by atoms with van der Waals surface area (Å²) in [4.78, 5) is 38.0. The van der Waals surface area contributed by atoms with E-state index in [9.17, 15) is 29.0 Å². The summed E-state index contributed by atoms with van der Waals surface area (Å²) < 4.78 is 24.1. The number of halogens is 1. The van der Waals surface area contributed by atoms with Gasteiger partial charge in [0, 0.05) is 24.1 Å². The van der Waals surface area contributed by atoms with Crippen molar-refractivity contribution in [3.8, 4) is 0 Å². The van der Waals surface area contributed by atoms with Gasteiger partial charge in [0.15, 0.2) is 0 Å². The van der Waals surface area contributed by atoms with E-state index in [-0.39, 0.29) is 49.7 Å². The van der Waals surface area contributed by atoms with Gasteiger partial charge in [-0.15, -0.1) is 0 Å². The second-order valence-electron chi connectivity index (χ2n) is 11.9. The summed E-state index contributed by atoms with van der Waals surface area (Å²) in [6.07, 6.45) is 0.250. The number of nitrogens with one attached hydrogen (secondary N) is 2. The Morgan fingerprint density at radius 1 is 1.07 bits per heavy atom. The minimum absolute atomic E-state index is 0.111. The normalized spacial score (nSPS) is 28.7. The molecule has 2 amide bonds. The highest BCUT2D eigenvalue weighted by molar-refractivity contribution is 5.92. The average molecular weight is 585 g/mol. The second-order valence-corrected chi connectivity index (χ2v) is 11.9. The fraction of sp³-hybridized carbons (Fsp3) is 0.531. The van der Waals surface area contributed by atoms with E-state index in [0.717, 1.165) is 5.56 Å². The number of fused-ring (bicyclic) bond motifs is 1. The van der Waals surface area contributed by atoms with Crippen molar-refractivity contribution in [3.63, 3.8) is 0 Å². The van der Waals surface area contributed by atoms with Crippen molar-refractivity contribution >= 4 is 23.7 Å². The van der Waals surface area contributed by atoms with Crippen LogP contribution in [-0.4, -0.2) is 53.6 Å². The standard InChI is InChI=1S/C32H41FN2O7/c1-4-41-29(39)21-6-5-7-23(16-21)35-30(40)42-27-14-15-31(2)24(25(37)12-13-26(31)32(27,3)19-36)17-28(38)34-18-20-8-10-22(33)11-9-20/h5-11,16,24-27,36-37H,4,12-15,17-19H2,1-3H3,(H,34,38)(H,35,40). The molecule has 0 saturated heterocycles. The SMILES string of the molecule is CCOC(=O)c1cccc(NC(=O)OC2CCC3(C)C(CC(=O)NCc4ccc(F)cc4)C(O)CCC3C2(C)CO)c1. The van der Waals surface area contributed by atoms with E-state index in [1.807, 2.05) is 6.92 Å². The van der Waals surface area contributed by atoms with E-state index >= 15 is 0 Å². The summed E-state index contributed by atoms with van der Waals surface area (Å²) in [6.45, 7) is 5.93. The quantitative estimate of drug-likeness (QED) is 0.311. The first-order valence-electron chi connectivity index (χ1n) is 14.5. The number of amides is 2. The van der Waals surface area contributed by atoms with Crippen LogP contribution in [0.25, 0.3) is 0 Å². The third kappa shape index (κ3) is 6.76. The van der Waals surface area contributed by atoms with Gasteiger partial charge in [-0.2, -0.15) is 0 Å². The molecule has 2 aromatic rings. The number of hydrogen-bond acceptors (Lipinski definition) is 7. The van der Waals surface area contributed by atoms with Gasteiger partial charge in [-0.05, 0) is 85.8 Å². The molecule has 2 saturated carbocycles.